The van der Waals surface area contributed by atoms with Crippen molar-refractivity contribution in [2.24, 2.45) is 5.73 Å². The van der Waals surface area contributed by atoms with E-state index in [4.69, 9.17) is 10.5 Å². The predicted molar refractivity (Wildman–Crippen MR) is 88.9 cm³/mol. The third-order valence-corrected chi connectivity index (χ3v) is 4.10. The van der Waals surface area contributed by atoms with Crippen molar-refractivity contribution in [2.45, 2.75) is 64.6 Å². The van der Waals surface area contributed by atoms with Crippen molar-refractivity contribution < 1.29 is 9.53 Å². The van der Waals surface area contributed by atoms with E-state index in [0.29, 0.717) is 6.42 Å². The fourth-order valence-corrected chi connectivity index (χ4v) is 3.09. The lowest BCUT2D eigenvalue weighted by Gasteiger charge is -2.38. The van der Waals surface area contributed by atoms with Gasteiger partial charge in [0.1, 0.15) is 5.75 Å². The maximum atomic E-state index is 12.6. The van der Waals surface area contributed by atoms with Gasteiger partial charge >= 0.3 is 0 Å². The van der Waals surface area contributed by atoms with E-state index in [9.17, 15) is 4.79 Å². The van der Waals surface area contributed by atoms with Crippen LogP contribution in [0.2, 0.25) is 0 Å². The summed E-state index contributed by atoms with van der Waals surface area (Å²) in [5.74, 6) is 0.992. The van der Waals surface area contributed by atoms with Crippen molar-refractivity contribution >= 4 is 5.91 Å². The molecule has 122 valence electrons. The highest BCUT2D eigenvalue weighted by Crippen LogP contribution is 2.21. The molecule has 4 heteroatoms. The molecule has 2 N–H and O–H groups in total. The largest absolute Gasteiger partial charge is 0.491 e. The van der Waals surface area contributed by atoms with Crippen LogP contribution in [0.25, 0.3) is 0 Å². The minimum absolute atomic E-state index is 0.0276. The molecule has 0 radical (unpaired) electrons. The number of ether oxygens (including phenoxy) is 1. The number of nitrogens with two attached hydrogens (primary N) is 1. The van der Waals surface area contributed by atoms with Crippen molar-refractivity contribution in [1.82, 2.24) is 4.90 Å². The van der Waals surface area contributed by atoms with E-state index in [1.807, 2.05) is 49.9 Å². The van der Waals surface area contributed by atoms with Crippen LogP contribution in [0.15, 0.2) is 24.3 Å². The van der Waals surface area contributed by atoms with E-state index in [1.165, 1.54) is 0 Å². The highest BCUT2D eigenvalue weighted by molar-refractivity contribution is 5.79. The number of benzene rings is 1. The number of hydrogen-bond donors (Lipinski definition) is 1. The Kier molecular flexibility index (Phi) is 5.83. The van der Waals surface area contributed by atoms with Crippen molar-refractivity contribution in [2.75, 3.05) is 6.54 Å². The molecule has 0 spiro atoms. The molecule has 0 aromatic heterocycles. The number of nitrogens with zero attached hydrogens (tertiary/aromatic N) is 1. The number of carbonyl (C=O) groups is 1. The smallest absolute Gasteiger partial charge is 0.227 e. The van der Waals surface area contributed by atoms with Crippen LogP contribution >= 0.6 is 0 Å². The Labute approximate surface area is 133 Å². The van der Waals surface area contributed by atoms with Gasteiger partial charge in [-0.1, -0.05) is 12.1 Å². The summed E-state index contributed by atoms with van der Waals surface area (Å²) in [4.78, 5) is 14.6. The van der Waals surface area contributed by atoms with Gasteiger partial charge in [0.25, 0.3) is 0 Å². The Morgan fingerprint density at radius 2 is 2.14 bits per heavy atom. The number of piperidine rings is 1. The highest BCUT2D eigenvalue weighted by Gasteiger charge is 2.28. The summed E-state index contributed by atoms with van der Waals surface area (Å²) in [7, 11) is 0. The first kappa shape index (κ1) is 16.8. The Balaban J connectivity index is 2.04. The molecule has 22 heavy (non-hydrogen) atoms. The van der Waals surface area contributed by atoms with Crippen LogP contribution in [0.5, 0.6) is 5.75 Å². The van der Waals surface area contributed by atoms with E-state index in [0.717, 1.165) is 37.1 Å². The Hall–Kier alpha value is -1.55. The second-order valence-corrected chi connectivity index (χ2v) is 6.50. The third-order valence-electron chi connectivity index (χ3n) is 4.10. The van der Waals surface area contributed by atoms with Gasteiger partial charge in [0.2, 0.25) is 5.91 Å². The second-order valence-electron chi connectivity index (χ2n) is 6.50. The second kappa shape index (κ2) is 7.63. The standard InChI is InChI=1S/C18H28N2O2/c1-13(2)22-16-8-6-7-15(11-16)12-18(21)20-10-5-4-9-17(20)14(3)19/h6-8,11,13-14,17H,4-5,9-10,12,19H2,1-3H3. The molecule has 4 nitrogen and oxygen atoms in total. The van der Waals surface area contributed by atoms with Crippen LogP contribution in [-0.2, 0) is 11.2 Å². The van der Waals surface area contributed by atoms with Gasteiger partial charge in [-0.3, -0.25) is 4.79 Å². The van der Waals surface area contributed by atoms with Crippen LogP contribution in [0.1, 0.15) is 45.6 Å². The van der Waals surface area contributed by atoms with Crippen molar-refractivity contribution in [3.8, 4) is 5.75 Å². The van der Waals surface area contributed by atoms with Crippen LogP contribution in [0.4, 0.5) is 0 Å². The molecule has 0 aliphatic carbocycles. The van der Waals surface area contributed by atoms with Crippen molar-refractivity contribution in [3.05, 3.63) is 29.8 Å². The maximum Gasteiger partial charge on any atom is 0.227 e. The fourth-order valence-electron chi connectivity index (χ4n) is 3.09. The lowest BCUT2D eigenvalue weighted by atomic mass is 9.96. The van der Waals surface area contributed by atoms with Crippen LogP contribution in [0.3, 0.4) is 0 Å². The normalized spacial score (nSPS) is 20.0. The molecule has 2 unspecified atom stereocenters. The molecule has 1 saturated heterocycles. The van der Waals surface area contributed by atoms with Gasteiger partial charge in [0.05, 0.1) is 12.5 Å². The SMILES string of the molecule is CC(C)Oc1cccc(CC(=O)N2CCCCC2C(C)N)c1. The summed E-state index contributed by atoms with van der Waals surface area (Å²) < 4.78 is 5.70. The molecule has 1 aromatic rings. The molecule has 0 saturated carbocycles. The number of rotatable bonds is 5. The van der Waals surface area contributed by atoms with Gasteiger partial charge in [-0.25, -0.2) is 0 Å². The topological polar surface area (TPSA) is 55.6 Å². The summed E-state index contributed by atoms with van der Waals surface area (Å²) >= 11 is 0. The highest BCUT2D eigenvalue weighted by atomic mass is 16.5. The number of likely N-dealkylation sites (tertiary alicyclic amines) is 1. The van der Waals surface area contributed by atoms with Gasteiger partial charge in [0, 0.05) is 18.6 Å². The summed E-state index contributed by atoms with van der Waals surface area (Å²) in [5, 5.41) is 0. The van der Waals surface area contributed by atoms with Gasteiger partial charge in [-0.2, -0.15) is 0 Å². The van der Waals surface area contributed by atoms with Gasteiger partial charge in [0.15, 0.2) is 0 Å². The summed E-state index contributed by atoms with van der Waals surface area (Å²) in [6.45, 7) is 6.82. The average molecular weight is 304 g/mol. The van der Waals surface area contributed by atoms with Crippen LogP contribution in [-0.4, -0.2) is 35.5 Å². The van der Waals surface area contributed by atoms with E-state index >= 15 is 0 Å². The molecular weight excluding hydrogens is 276 g/mol. The Bertz CT molecular complexity index is 500. The first-order valence-electron chi connectivity index (χ1n) is 8.28. The molecule has 1 aliphatic heterocycles. The molecular formula is C18H28N2O2. The van der Waals surface area contributed by atoms with E-state index in [2.05, 4.69) is 0 Å². The zero-order valence-corrected chi connectivity index (χ0v) is 13.9. The summed E-state index contributed by atoms with van der Waals surface area (Å²) in [6, 6.07) is 8.02. The first-order valence-corrected chi connectivity index (χ1v) is 8.28. The van der Waals surface area contributed by atoms with Crippen LogP contribution in [0, 0.1) is 0 Å². The lowest BCUT2D eigenvalue weighted by Crippen LogP contribution is -2.52. The van der Waals surface area contributed by atoms with E-state index in [-0.39, 0.29) is 24.1 Å². The molecule has 1 aromatic carbocycles. The van der Waals surface area contributed by atoms with E-state index < -0.39 is 0 Å². The zero-order valence-electron chi connectivity index (χ0n) is 13.9. The molecule has 1 amide bonds. The van der Waals surface area contributed by atoms with Crippen molar-refractivity contribution in [3.63, 3.8) is 0 Å². The fraction of sp³-hybridized carbons (Fsp3) is 0.611. The number of hydrogen-bond acceptors (Lipinski definition) is 3. The van der Waals surface area contributed by atoms with Crippen LogP contribution < -0.4 is 10.5 Å². The minimum Gasteiger partial charge on any atom is -0.491 e. The van der Waals surface area contributed by atoms with Gasteiger partial charge in [-0.15, -0.1) is 0 Å². The number of carbonyl (C=O) groups excluding carboxylic acids is 1. The third kappa shape index (κ3) is 4.47. The summed E-state index contributed by atoms with van der Waals surface area (Å²) in [6.07, 6.45) is 3.80. The molecule has 1 aliphatic rings. The lowest BCUT2D eigenvalue weighted by molar-refractivity contribution is -0.134. The van der Waals surface area contributed by atoms with Gasteiger partial charge < -0.3 is 15.4 Å². The first-order chi connectivity index (χ1) is 10.5. The predicted octanol–water partition coefficient (Wildman–Crippen LogP) is 2.74. The molecule has 2 rings (SSSR count). The number of amides is 1. The minimum atomic E-state index is 0.0276. The quantitative estimate of drug-likeness (QED) is 0.910. The molecule has 2 atom stereocenters. The summed E-state index contributed by atoms with van der Waals surface area (Å²) in [5.41, 5.74) is 7.05. The molecule has 1 fully saturated rings. The monoisotopic (exact) mass is 304 g/mol. The van der Waals surface area contributed by atoms with Gasteiger partial charge in [-0.05, 0) is 57.7 Å². The van der Waals surface area contributed by atoms with Crippen molar-refractivity contribution in [1.29, 1.82) is 0 Å². The Morgan fingerprint density at radius 3 is 2.82 bits per heavy atom. The molecule has 0 bridgehead atoms. The zero-order chi connectivity index (χ0) is 16.1. The maximum absolute atomic E-state index is 12.6. The Morgan fingerprint density at radius 1 is 1.36 bits per heavy atom. The molecule has 1 heterocycles. The van der Waals surface area contributed by atoms with E-state index in [1.54, 1.807) is 0 Å². The average Bonchev–Trinajstić information content (AvgIpc) is 2.46.